The maximum atomic E-state index is 11.5. The normalized spacial score (nSPS) is 26.9. The van der Waals surface area contributed by atoms with Gasteiger partial charge in [-0.05, 0) is 23.8 Å². The molecule has 21 heavy (non-hydrogen) atoms. The summed E-state index contributed by atoms with van der Waals surface area (Å²) in [5, 5.41) is 12.0. The minimum atomic E-state index is -0.664. The number of fused-ring (bicyclic) bond motifs is 1. The molecule has 0 aliphatic carbocycles. The zero-order valence-electron chi connectivity index (χ0n) is 12.6. The van der Waals surface area contributed by atoms with Crippen LogP contribution in [0.3, 0.4) is 0 Å². The van der Waals surface area contributed by atoms with Crippen LogP contribution in [0.25, 0.3) is 10.8 Å². The van der Waals surface area contributed by atoms with E-state index in [1.165, 1.54) is 16.3 Å². The Labute approximate surface area is 125 Å². The molecule has 1 N–H and O–H groups in total. The molecule has 3 heteroatoms. The van der Waals surface area contributed by atoms with Crippen molar-refractivity contribution in [1.29, 1.82) is 0 Å². The zero-order chi connectivity index (χ0) is 15.0. The van der Waals surface area contributed by atoms with Crippen molar-refractivity contribution >= 4 is 16.7 Å². The van der Waals surface area contributed by atoms with Gasteiger partial charge in [-0.25, -0.2) is 4.79 Å². The number of benzene rings is 2. The first-order chi connectivity index (χ1) is 10.0. The van der Waals surface area contributed by atoms with Crippen LogP contribution in [-0.4, -0.2) is 35.2 Å². The summed E-state index contributed by atoms with van der Waals surface area (Å²) < 4.78 is 0.605. The molecule has 2 aromatic carbocycles. The van der Waals surface area contributed by atoms with Gasteiger partial charge in [0.2, 0.25) is 0 Å². The van der Waals surface area contributed by atoms with Crippen LogP contribution >= 0.6 is 0 Å². The van der Waals surface area contributed by atoms with Gasteiger partial charge in [-0.15, -0.1) is 0 Å². The molecule has 2 aromatic rings. The van der Waals surface area contributed by atoms with Crippen LogP contribution in [0.1, 0.15) is 31.4 Å². The number of likely N-dealkylation sites (N-methyl/N-ethyl adjacent to an activating group) is 1. The fourth-order valence-electron chi connectivity index (χ4n) is 3.72. The number of likely N-dealkylation sites (tertiary alicyclic amines) is 1. The van der Waals surface area contributed by atoms with E-state index in [9.17, 15) is 9.90 Å². The molecule has 0 spiro atoms. The highest BCUT2D eigenvalue weighted by atomic mass is 16.4. The van der Waals surface area contributed by atoms with Crippen LogP contribution in [0.15, 0.2) is 42.5 Å². The molecule has 0 saturated carbocycles. The standard InChI is InChI=1S/C18H21NO2/c1-13(19(2)11-5-8-17(19)18(20)21)15-10-9-14-6-3-4-7-16(14)12-15/h3-4,6-7,9-10,12-13,17H,5,8,11H2,1-2H3/p+1/t13-,17-,19?/m1/s1. The summed E-state index contributed by atoms with van der Waals surface area (Å²) in [5.41, 5.74) is 1.23. The second kappa shape index (κ2) is 5.15. The van der Waals surface area contributed by atoms with Crippen molar-refractivity contribution in [3.8, 4) is 0 Å². The van der Waals surface area contributed by atoms with Crippen LogP contribution in [0.4, 0.5) is 0 Å². The van der Waals surface area contributed by atoms with Crippen molar-refractivity contribution in [2.45, 2.75) is 31.8 Å². The molecule has 1 unspecified atom stereocenters. The summed E-state index contributed by atoms with van der Waals surface area (Å²) in [6.07, 6.45) is 1.77. The minimum Gasteiger partial charge on any atom is -0.477 e. The topological polar surface area (TPSA) is 37.3 Å². The number of carboxylic acid groups (broad SMARTS) is 1. The van der Waals surface area contributed by atoms with Crippen LogP contribution in [-0.2, 0) is 4.79 Å². The first kappa shape index (κ1) is 14.1. The lowest BCUT2D eigenvalue weighted by molar-refractivity contribution is -0.941. The lowest BCUT2D eigenvalue weighted by Gasteiger charge is -2.40. The molecule has 3 rings (SSSR count). The first-order valence-corrected chi connectivity index (χ1v) is 7.59. The van der Waals surface area contributed by atoms with Crippen LogP contribution in [0.5, 0.6) is 0 Å². The SMILES string of the molecule is C[C@H](c1ccc2ccccc2c1)[N+]1(C)CCC[C@@H]1C(=O)O. The smallest absolute Gasteiger partial charge is 0.362 e. The average molecular weight is 284 g/mol. The quantitative estimate of drug-likeness (QED) is 0.874. The van der Waals surface area contributed by atoms with E-state index in [0.717, 1.165) is 19.4 Å². The van der Waals surface area contributed by atoms with Gasteiger partial charge >= 0.3 is 5.97 Å². The molecule has 0 bridgehead atoms. The number of rotatable bonds is 3. The molecule has 3 atom stereocenters. The Hall–Kier alpha value is -1.87. The second-order valence-electron chi connectivity index (χ2n) is 6.35. The van der Waals surface area contributed by atoms with Gasteiger partial charge in [0.25, 0.3) is 0 Å². The fraction of sp³-hybridized carbons (Fsp3) is 0.389. The van der Waals surface area contributed by atoms with E-state index in [1.54, 1.807) is 0 Å². The summed E-state index contributed by atoms with van der Waals surface area (Å²) in [7, 11) is 2.09. The van der Waals surface area contributed by atoms with E-state index < -0.39 is 5.97 Å². The Bertz CT molecular complexity index is 682. The monoisotopic (exact) mass is 284 g/mol. The molecule has 0 amide bonds. The van der Waals surface area contributed by atoms with Gasteiger partial charge in [0.1, 0.15) is 6.04 Å². The summed E-state index contributed by atoms with van der Waals surface area (Å²) in [5.74, 6) is -0.664. The van der Waals surface area contributed by atoms with Gasteiger partial charge in [-0.1, -0.05) is 36.4 Å². The minimum absolute atomic E-state index is 0.193. The molecule has 3 nitrogen and oxygen atoms in total. The fourth-order valence-corrected chi connectivity index (χ4v) is 3.72. The third kappa shape index (κ3) is 2.32. The highest BCUT2D eigenvalue weighted by Gasteiger charge is 2.46. The maximum Gasteiger partial charge on any atom is 0.362 e. The Morgan fingerprint density at radius 3 is 2.67 bits per heavy atom. The molecule has 1 fully saturated rings. The van der Waals surface area contributed by atoms with E-state index in [1.807, 2.05) is 12.1 Å². The largest absolute Gasteiger partial charge is 0.477 e. The lowest BCUT2D eigenvalue weighted by Crippen LogP contribution is -2.53. The number of nitrogens with zero attached hydrogens (tertiary/aromatic N) is 1. The van der Waals surface area contributed by atoms with Gasteiger partial charge < -0.3 is 9.59 Å². The van der Waals surface area contributed by atoms with Crippen LogP contribution < -0.4 is 0 Å². The highest BCUT2D eigenvalue weighted by Crippen LogP contribution is 2.37. The van der Waals surface area contributed by atoms with Gasteiger partial charge in [0, 0.05) is 18.4 Å². The maximum absolute atomic E-state index is 11.5. The third-order valence-electron chi connectivity index (χ3n) is 5.26. The molecule has 1 aliphatic rings. The van der Waals surface area contributed by atoms with Gasteiger partial charge in [0.05, 0.1) is 13.6 Å². The molecular formula is C18H22NO2+. The Morgan fingerprint density at radius 1 is 1.24 bits per heavy atom. The number of aliphatic carboxylic acids is 1. The van der Waals surface area contributed by atoms with Crippen molar-refractivity contribution in [2.24, 2.45) is 0 Å². The van der Waals surface area contributed by atoms with E-state index in [-0.39, 0.29) is 12.1 Å². The molecule has 1 aliphatic heterocycles. The molecule has 110 valence electrons. The Kier molecular flexibility index (Phi) is 3.46. The molecule has 0 aromatic heterocycles. The third-order valence-corrected chi connectivity index (χ3v) is 5.26. The van der Waals surface area contributed by atoms with Gasteiger partial charge in [0.15, 0.2) is 6.04 Å². The predicted octanol–water partition coefficient (Wildman–Crippen LogP) is 3.59. The van der Waals surface area contributed by atoms with Crippen molar-refractivity contribution in [1.82, 2.24) is 0 Å². The second-order valence-corrected chi connectivity index (χ2v) is 6.35. The van der Waals surface area contributed by atoms with E-state index >= 15 is 0 Å². The average Bonchev–Trinajstić information content (AvgIpc) is 2.89. The summed E-state index contributed by atoms with van der Waals surface area (Å²) >= 11 is 0. The van der Waals surface area contributed by atoms with Crippen molar-refractivity contribution < 1.29 is 14.4 Å². The van der Waals surface area contributed by atoms with Crippen molar-refractivity contribution in [2.75, 3.05) is 13.6 Å². The summed E-state index contributed by atoms with van der Waals surface area (Å²) in [6.45, 7) is 3.09. The van der Waals surface area contributed by atoms with Crippen molar-refractivity contribution in [3.63, 3.8) is 0 Å². The lowest BCUT2D eigenvalue weighted by atomic mass is 9.99. The molecular weight excluding hydrogens is 262 g/mol. The number of carboxylic acids is 1. The summed E-state index contributed by atoms with van der Waals surface area (Å²) in [4.78, 5) is 11.5. The van der Waals surface area contributed by atoms with E-state index in [2.05, 4.69) is 44.3 Å². The van der Waals surface area contributed by atoms with E-state index in [4.69, 9.17) is 0 Å². The van der Waals surface area contributed by atoms with Crippen molar-refractivity contribution in [3.05, 3.63) is 48.0 Å². The zero-order valence-corrected chi connectivity index (χ0v) is 12.6. The number of hydrogen-bond donors (Lipinski definition) is 1. The molecule has 0 radical (unpaired) electrons. The molecule has 1 heterocycles. The molecule has 1 saturated heterocycles. The number of hydrogen-bond acceptors (Lipinski definition) is 1. The Balaban J connectivity index is 1.99. The van der Waals surface area contributed by atoms with Crippen LogP contribution in [0, 0.1) is 0 Å². The highest BCUT2D eigenvalue weighted by molar-refractivity contribution is 5.83. The van der Waals surface area contributed by atoms with Gasteiger partial charge in [-0.2, -0.15) is 0 Å². The van der Waals surface area contributed by atoms with E-state index in [0.29, 0.717) is 4.48 Å². The number of carbonyl (C=O) groups is 1. The summed E-state index contributed by atoms with van der Waals surface area (Å²) in [6, 6.07) is 14.7. The predicted molar refractivity (Wildman–Crippen MR) is 84.1 cm³/mol. The first-order valence-electron chi connectivity index (χ1n) is 7.59. The van der Waals surface area contributed by atoms with Crippen LogP contribution in [0.2, 0.25) is 0 Å². The van der Waals surface area contributed by atoms with Gasteiger partial charge in [-0.3, -0.25) is 0 Å². The Morgan fingerprint density at radius 2 is 1.95 bits per heavy atom. The number of quaternary nitrogens is 1.